The van der Waals surface area contributed by atoms with Crippen LogP contribution in [0.3, 0.4) is 0 Å². The molecular formula is C26H26N2O2. The van der Waals surface area contributed by atoms with Gasteiger partial charge in [0.1, 0.15) is 0 Å². The quantitative estimate of drug-likeness (QED) is 0.489. The van der Waals surface area contributed by atoms with Crippen LogP contribution in [-0.4, -0.2) is 20.7 Å². The van der Waals surface area contributed by atoms with Crippen LogP contribution in [0.5, 0.6) is 0 Å². The van der Waals surface area contributed by atoms with Crippen LogP contribution in [0.15, 0.2) is 72.5 Å². The second kappa shape index (κ2) is 6.98. The fourth-order valence-corrected chi connectivity index (χ4v) is 5.96. The van der Waals surface area contributed by atoms with Crippen molar-refractivity contribution in [2.24, 2.45) is 18.9 Å². The second-order valence-corrected chi connectivity index (χ2v) is 8.63. The second-order valence-electron chi connectivity index (χ2n) is 8.63. The summed E-state index contributed by atoms with van der Waals surface area (Å²) >= 11 is 0. The number of hydrogen-bond acceptors (Lipinski definition) is 3. The molecule has 1 heterocycles. The Morgan fingerprint density at radius 2 is 1.77 bits per heavy atom. The van der Waals surface area contributed by atoms with Crippen LogP contribution in [0.4, 0.5) is 0 Å². The summed E-state index contributed by atoms with van der Waals surface area (Å²) < 4.78 is 2.02. The summed E-state index contributed by atoms with van der Waals surface area (Å²) in [7, 11) is 2.02. The minimum Gasteiger partial charge on any atom is -0.515 e. The van der Waals surface area contributed by atoms with Crippen LogP contribution in [-0.2, 0) is 23.7 Å². The van der Waals surface area contributed by atoms with Crippen LogP contribution >= 0.6 is 0 Å². The number of hydrogen-bond donors (Lipinski definition) is 1. The molecular weight excluding hydrogens is 372 g/mol. The third-order valence-electron chi connectivity index (χ3n) is 7.20. The molecule has 0 aliphatic heterocycles. The Labute approximate surface area is 176 Å². The fraction of sp³-hybridized carbons (Fsp3) is 0.308. The van der Waals surface area contributed by atoms with E-state index >= 15 is 0 Å². The van der Waals surface area contributed by atoms with E-state index in [0.717, 1.165) is 30.4 Å². The SMILES string of the molecule is C[C@@H]1C(=O)C(=CO)C[C@]2(c3ccccc3)c3c(c(-c4ccccc4)nn3C)CC[C@@H]12. The van der Waals surface area contributed by atoms with Gasteiger partial charge in [-0.05, 0) is 30.7 Å². The molecule has 4 heteroatoms. The molecule has 0 bridgehead atoms. The Kier molecular flexibility index (Phi) is 4.39. The molecule has 2 aliphatic carbocycles. The van der Waals surface area contributed by atoms with Crippen molar-refractivity contribution in [2.75, 3.05) is 0 Å². The number of rotatable bonds is 2. The van der Waals surface area contributed by atoms with E-state index in [-0.39, 0.29) is 23.0 Å². The third kappa shape index (κ3) is 2.53. The lowest BCUT2D eigenvalue weighted by molar-refractivity contribution is -0.123. The highest BCUT2D eigenvalue weighted by Gasteiger charge is 2.55. The number of aromatic nitrogens is 2. The minimum atomic E-state index is -0.383. The largest absolute Gasteiger partial charge is 0.515 e. The monoisotopic (exact) mass is 398 g/mol. The maximum atomic E-state index is 13.0. The number of Topliss-reactive ketones (excluding diaryl/α,β-unsaturated/α-hetero) is 1. The van der Waals surface area contributed by atoms with Gasteiger partial charge < -0.3 is 5.11 Å². The minimum absolute atomic E-state index is 0.0722. The maximum Gasteiger partial charge on any atom is 0.165 e. The van der Waals surface area contributed by atoms with Crippen LogP contribution in [0.2, 0.25) is 0 Å². The highest BCUT2D eigenvalue weighted by molar-refractivity contribution is 5.98. The van der Waals surface area contributed by atoms with E-state index in [1.165, 1.54) is 16.8 Å². The summed E-state index contributed by atoms with van der Waals surface area (Å²) in [5, 5.41) is 14.9. The average Bonchev–Trinajstić information content (AvgIpc) is 3.14. The Hall–Kier alpha value is -3.14. The van der Waals surface area contributed by atoms with Gasteiger partial charge in [0.15, 0.2) is 5.78 Å². The van der Waals surface area contributed by atoms with Gasteiger partial charge in [-0.2, -0.15) is 5.10 Å². The van der Waals surface area contributed by atoms with Gasteiger partial charge in [0, 0.05) is 35.1 Å². The van der Waals surface area contributed by atoms with Gasteiger partial charge in [-0.15, -0.1) is 0 Å². The summed E-state index contributed by atoms with van der Waals surface area (Å²) in [4.78, 5) is 13.0. The van der Waals surface area contributed by atoms with Gasteiger partial charge in [-0.25, -0.2) is 0 Å². The van der Waals surface area contributed by atoms with Crippen molar-refractivity contribution < 1.29 is 9.90 Å². The first-order valence-electron chi connectivity index (χ1n) is 10.6. The molecule has 4 nitrogen and oxygen atoms in total. The van der Waals surface area contributed by atoms with Crippen molar-refractivity contribution >= 4 is 5.78 Å². The first kappa shape index (κ1) is 18.9. The van der Waals surface area contributed by atoms with Gasteiger partial charge in [0.25, 0.3) is 0 Å². The van der Waals surface area contributed by atoms with E-state index in [4.69, 9.17) is 5.10 Å². The van der Waals surface area contributed by atoms with Gasteiger partial charge in [-0.1, -0.05) is 67.6 Å². The van der Waals surface area contributed by atoms with Crippen molar-refractivity contribution in [1.82, 2.24) is 9.78 Å². The lowest BCUT2D eigenvalue weighted by Gasteiger charge is -2.50. The van der Waals surface area contributed by atoms with E-state index < -0.39 is 0 Å². The molecule has 1 N–H and O–H groups in total. The van der Waals surface area contributed by atoms with Crippen LogP contribution in [0.1, 0.15) is 36.6 Å². The Balaban J connectivity index is 1.81. The van der Waals surface area contributed by atoms with Crippen molar-refractivity contribution in [3.8, 4) is 11.3 Å². The number of allylic oxidation sites excluding steroid dienone is 1. The zero-order valence-electron chi connectivity index (χ0n) is 17.4. The Morgan fingerprint density at radius 1 is 1.10 bits per heavy atom. The van der Waals surface area contributed by atoms with Gasteiger partial charge in [-0.3, -0.25) is 9.48 Å². The Morgan fingerprint density at radius 3 is 2.43 bits per heavy atom. The number of carbonyl (C=O) groups is 1. The zero-order valence-corrected chi connectivity index (χ0v) is 17.4. The number of nitrogens with zero attached hydrogens (tertiary/aromatic N) is 2. The zero-order chi connectivity index (χ0) is 20.9. The molecule has 0 radical (unpaired) electrons. The number of aliphatic hydroxyl groups excluding tert-OH is 1. The van der Waals surface area contributed by atoms with Crippen molar-refractivity contribution in [1.29, 1.82) is 0 Å². The summed E-state index contributed by atoms with van der Waals surface area (Å²) in [5.41, 5.74) is 5.92. The van der Waals surface area contributed by atoms with Crippen molar-refractivity contribution in [2.45, 2.75) is 31.6 Å². The fourth-order valence-electron chi connectivity index (χ4n) is 5.96. The average molecular weight is 399 g/mol. The molecule has 2 aromatic carbocycles. The molecule has 0 saturated heterocycles. The number of ketones is 1. The molecule has 0 spiro atoms. The van der Waals surface area contributed by atoms with Crippen LogP contribution < -0.4 is 0 Å². The number of aliphatic hydroxyl groups is 1. The molecule has 1 aromatic heterocycles. The summed E-state index contributed by atoms with van der Waals surface area (Å²) in [6, 6.07) is 20.8. The molecule has 152 valence electrons. The number of fused-ring (bicyclic) bond motifs is 3. The van der Waals surface area contributed by atoms with E-state index in [9.17, 15) is 9.90 Å². The first-order chi connectivity index (χ1) is 14.6. The molecule has 0 unspecified atom stereocenters. The number of carbonyl (C=O) groups excluding carboxylic acids is 1. The van der Waals surface area contributed by atoms with Crippen molar-refractivity contribution in [3.63, 3.8) is 0 Å². The third-order valence-corrected chi connectivity index (χ3v) is 7.20. The van der Waals surface area contributed by atoms with Crippen LogP contribution in [0, 0.1) is 11.8 Å². The number of benzene rings is 2. The Bertz CT molecular complexity index is 1130. The molecule has 0 amide bonds. The summed E-state index contributed by atoms with van der Waals surface area (Å²) in [5.74, 6) is 0.0890. The van der Waals surface area contributed by atoms with E-state index in [1.807, 2.05) is 42.9 Å². The predicted molar refractivity (Wildman–Crippen MR) is 117 cm³/mol. The molecule has 3 aromatic rings. The molecule has 2 aliphatic rings. The molecule has 30 heavy (non-hydrogen) atoms. The van der Waals surface area contributed by atoms with E-state index in [1.54, 1.807) is 0 Å². The smallest absolute Gasteiger partial charge is 0.165 e. The lowest BCUT2D eigenvalue weighted by atomic mass is 9.52. The maximum absolute atomic E-state index is 13.0. The van der Waals surface area contributed by atoms with Crippen molar-refractivity contribution in [3.05, 3.63) is 89.3 Å². The van der Waals surface area contributed by atoms with E-state index in [0.29, 0.717) is 12.0 Å². The molecule has 1 saturated carbocycles. The van der Waals surface area contributed by atoms with Gasteiger partial charge in [0.05, 0.1) is 17.6 Å². The molecule has 5 rings (SSSR count). The first-order valence-corrected chi connectivity index (χ1v) is 10.6. The molecule has 1 fully saturated rings. The standard InChI is InChI=1S/C26H26N2O2/c1-17-22-14-13-21-23(18-9-5-3-6-10-18)27-28(2)25(21)26(22,15-19(16-29)24(17)30)20-11-7-4-8-12-20/h3-12,16-17,22,29H,13-15H2,1-2H3/t17-,22-,26+/m0/s1. The normalized spacial score (nSPS) is 27.0. The predicted octanol–water partition coefficient (Wildman–Crippen LogP) is 4.99. The van der Waals surface area contributed by atoms with Gasteiger partial charge in [0.2, 0.25) is 0 Å². The van der Waals surface area contributed by atoms with Gasteiger partial charge >= 0.3 is 0 Å². The highest BCUT2D eigenvalue weighted by atomic mass is 16.2. The van der Waals surface area contributed by atoms with Crippen LogP contribution in [0.25, 0.3) is 11.3 Å². The number of aryl methyl sites for hydroxylation is 1. The van der Waals surface area contributed by atoms with E-state index in [2.05, 4.69) is 36.4 Å². The topological polar surface area (TPSA) is 55.1 Å². The summed E-state index contributed by atoms with van der Waals surface area (Å²) in [6.45, 7) is 2.02. The lowest BCUT2D eigenvalue weighted by Crippen LogP contribution is -2.51. The highest BCUT2D eigenvalue weighted by Crippen LogP contribution is 2.57. The molecule has 3 atom stereocenters. The summed E-state index contributed by atoms with van der Waals surface area (Å²) in [6.07, 6.45) is 3.37.